The molecule has 2 aromatic carbocycles. The van der Waals surface area contributed by atoms with Gasteiger partial charge in [0.15, 0.2) is 35.2 Å². The molecule has 1 saturated heterocycles. The first-order valence-corrected chi connectivity index (χ1v) is 10.1. The molecule has 0 spiro atoms. The average Bonchev–Trinajstić information content (AvgIpc) is 3.21. The van der Waals surface area contributed by atoms with E-state index in [1.807, 2.05) is 0 Å². The molecule has 12 nitrogen and oxygen atoms in total. The summed E-state index contributed by atoms with van der Waals surface area (Å²) in [5, 5.41) is 60.0. The Morgan fingerprint density at radius 3 is 2.32 bits per heavy atom. The second-order valence-electron chi connectivity index (χ2n) is 7.86. The van der Waals surface area contributed by atoms with Crippen LogP contribution in [0.3, 0.4) is 0 Å². The van der Waals surface area contributed by atoms with E-state index in [1.54, 1.807) is 0 Å². The third kappa shape index (κ3) is 3.31. The number of hydrogen-bond acceptors (Lipinski definition) is 12. The van der Waals surface area contributed by atoms with Crippen LogP contribution in [0.1, 0.15) is 20.7 Å². The second kappa shape index (κ2) is 7.88. The van der Waals surface area contributed by atoms with E-state index in [-0.39, 0.29) is 33.4 Å². The summed E-state index contributed by atoms with van der Waals surface area (Å²) in [4.78, 5) is 26.3. The second-order valence-corrected chi connectivity index (χ2v) is 7.86. The summed E-state index contributed by atoms with van der Waals surface area (Å²) in [6.07, 6.45) is -8.30. The van der Waals surface area contributed by atoms with E-state index < -0.39 is 66.5 Å². The van der Waals surface area contributed by atoms with Gasteiger partial charge in [-0.2, -0.15) is 0 Å². The maximum atomic E-state index is 13.4. The molecule has 1 fully saturated rings. The number of esters is 2. The van der Waals surface area contributed by atoms with Crippen molar-refractivity contribution in [1.29, 1.82) is 0 Å². The van der Waals surface area contributed by atoms with Crippen LogP contribution in [0.15, 0.2) is 34.7 Å². The number of hydrogen-bond donors (Lipinski definition) is 6. The Bertz CT molecular complexity index is 1310. The molecule has 3 aromatic rings. The first-order chi connectivity index (χ1) is 16.2. The molecule has 2 aliphatic rings. The molecule has 2 aliphatic heterocycles. The van der Waals surface area contributed by atoms with Crippen LogP contribution >= 0.6 is 0 Å². The van der Waals surface area contributed by atoms with E-state index >= 15 is 0 Å². The number of phenolic OH excluding ortho intramolecular Hbond substituents is 3. The number of carbonyl (C=O) groups excluding carboxylic acids is 2. The fraction of sp³-hybridized carbons (Fsp3) is 0.273. The maximum absolute atomic E-state index is 13.4. The van der Waals surface area contributed by atoms with Gasteiger partial charge >= 0.3 is 11.9 Å². The minimum absolute atomic E-state index is 0.0849. The van der Waals surface area contributed by atoms with Crippen LogP contribution in [0.4, 0.5) is 0 Å². The highest BCUT2D eigenvalue weighted by atomic mass is 16.7. The Labute approximate surface area is 189 Å². The number of furan rings is 1. The first kappa shape index (κ1) is 22.0. The maximum Gasteiger partial charge on any atom is 0.343 e. The van der Waals surface area contributed by atoms with Crippen LogP contribution < -0.4 is 0 Å². The van der Waals surface area contributed by atoms with Gasteiger partial charge in [-0.1, -0.05) is 0 Å². The van der Waals surface area contributed by atoms with Crippen molar-refractivity contribution in [1.82, 2.24) is 0 Å². The summed E-state index contributed by atoms with van der Waals surface area (Å²) in [5.41, 5.74) is -0.678. The van der Waals surface area contributed by atoms with Crippen molar-refractivity contribution in [3.8, 4) is 28.6 Å². The number of fused-ring (bicyclic) bond motifs is 1. The first-order valence-electron chi connectivity index (χ1n) is 10.1. The molecular weight excluding hydrogens is 456 g/mol. The molecule has 178 valence electrons. The number of cyclic esters (lactones) is 1. The van der Waals surface area contributed by atoms with Gasteiger partial charge in [-0.05, 0) is 30.3 Å². The zero-order valence-corrected chi connectivity index (χ0v) is 17.1. The fourth-order valence-electron chi connectivity index (χ4n) is 4.04. The monoisotopic (exact) mass is 474 g/mol. The number of ether oxygens (including phenoxy) is 3. The third-order valence-corrected chi connectivity index (χ3v) is 5.76. The molecule has 1 aromatic heterocycles. The van der Waals surface area contributed by atoms with Gasteiger partial charge in [-0.3, -0.25) is 0 Å². The van der Waals surface area contributed by atoms with Crippen LogP contribution in [0.25, 0.3) is 22.3 Å². The smallest absolute Gasteiger partial charge is 0.343 e. The zero-order valence-electron chi connectivity index (χ0n) is 17.1. The minimum atomic E-state index is -1.82. The molecule has 0 amide bonds. The van der Waals surface area contributed by atoms with Crippen LogP contribution in [-0.2, 0) is 14.2 Å². The summed E-state index contributed by atoms with van der Waals surface area (Å²) in [6.45, 7) is -0.536. The highest BCUT2D eigenvalue weighted by molar-refractivity contribution is 6.17. The Kier molecular flexibility index (Phi) is 5.10. The Morgan fingerprint density at radius 2 is 1.59 bits per heavy atom. The molecule has 0 saturated carbocycles. The van der Waals surface area contributed by atoms with E-state index in [0.29, 0.717) is 0 Å². The molecule has 34 heavy (non-hydrogen) atoms. The Morgan fingerprint density at radius 1 is 0.853 bits per heavy atom. The molecule has 0 unspecified atom stereocenters. The van der Waals surface area contributed by atoms with E-state index in [1.165, 1.54) is 12.1 Å². The lowest BCUT2D eigenvalue weighted by molar-refractivity contribution is -0.285. The van der Waals surface area contributed by atoms with E-state index in [4.69, 9.17) is 18.6 Å². The van der Waals surface area contributed by atoms with Gasteiger partial charge in [-0.15, -0.1) is 0 Å². The van der Waals surface area contributed by atoms with Crippen molar-refractivity contribution in [2.75, 3.05) is 6.61 Å². The molecule has 12 heteroatoms. The van der Waals surface area contributed by atoms with Gasteiger partial charge in [0.1, 0.15) is 36.2 Å². The van der Waals surface area contributed by atoms with Crippen LogP contribution in [0.2, 0.25) is 0 Å². The van der Waals surface area contributed by atoms with Crippen LogP contribution in [0, 0.1) is 0 Å². The van der Waals surface area contributed by atoms with Crippen molar-refractivity contribution in [3.63, 3.8) is 0 Å². The van der Waals surface area contributed by atoms with Crippen molar-refractivity contribution >= 4 is 22.9 Å². The molecule has 5 rings (SSSR count). The molecule has 5 atom stereocenters. The van der Waals surface area contributed by atoms with Gasteiger partial charge in [0.25, 0.3) is 0 Å². The lowest BCUT2D eigenvalue weighted by Gasteiger charge is -2.40. The highest BCUT2D eigenvalue weighted by Crippen LogP contribution is 2.42. The van der Waals surface area contributed by atoms with Gasteiger partial charge in [0.05, 0.1) is 10.9 Å². The molecule has 0 bridgehead atoms. The van der Waals surface area contributed by atoms with E-state index in [2.05, 4.69) is 0 Å². The van der Waals surface area contributed by atoms with Crippen LogP contribution in [-0.4, -0.2) is 79.9 Å². The van der Waals surface area contributed by atoms with Gasteiger partial charge in [0.2, 0.25) is 0 Å². The van der Waals surface area contributed by atoms with Crippen molar-refractivity contribution in [2.45, 2.75) is 30.7 Å². The topological polar surface area (TPSA) is 196 Å². The minimum Gasteiger partial charge on any atom is -0.504 e. The number of carbonyl (C=O) groups is 2. The number of aliphatic hydroxyl groups excluding tert-OH is 3. The van der Waals surface area contributed by atoms with E-state index in [0.717, 1.165) is 18.2 Å². The zero-order chi connectivity index (χ0) is 24.3. The normalized spacial score (nSPS) is 27.1. The molecule has 0 aliphatic carbocycles. The van der Waals surface area contributed by atoms with Crippen molar-refractivity contribution in [3.05, 3.63) is 41.5 Å². The van der Waals surface area contributed by atoms with Crippen molar-refractivity contribution < 1.29 is 58.9 Å². The molecule has 0 radical (unpaired) electrons. The van der Waals surface area contributed by atoms with Crippen molar-refractivity contribution in [2.24, 2.45) is 0 Å². The van der Waals surface area contributed by atoms with Crippen LogP contribution in [0.5, 0.6) is 17.2 Å². The molecule has 3 heterocycles. The number of rotatable bonds is 1. The number of aromatic hydroxyl groups is 3. The highest BCUT2D eigenvalue weighted by Gasteiger charge is 2.48. The Hall–Kier alpha value is -3.84. The lowest BCUT2D eigenvalue weighted by atomic mass is 9.97. The van der Waals surface area contributed by atoms with E-state index in [9.17, 15) is 40.2 Å². The summed E-state index contributed by atoms with van der Waals surface area (Å²) in [5.74, 6) is -3.67. The summed E-state index contributed by atoms with van der Waals surface area (Å²) in [6, 6.07) is 5.90. The average molecular weight is 474 g/mol. The predicted octanol–water partition coefficient (Wildman–Crippen LogP) is 0.351. The quantitative estimate of drug-likeness (QED) is 0.209. The number of phenols is 3. The number of aliphatic hydroxyl groups is 3. The Balaban J connectivity index is 1.74. The predicted molar refractivity (Wildman–Crippen MR) is 109 cm³/mol. The third-order valence-electron chi connectivity index (χ3n) is 5.76. The molecular formula is C22H18O12. The summed E-state index contributed by atoms with van der Waals surface area (Å²) >= 11 is 0. The van der Waals surface area contributed by atoms with Gasteiger partial charge < -0.3 is 49.3 Å². The lowest BCUT2D eigenvalue weighted by Crippen LogP contribution is -2.60. The summed E-state index contributed by atoms with van der Waals surface area (Å²) < 4.78 is 21.5. The largest absolute Gasteiger partial charge is 0.504 e. The van der Waals surface area contributed by atoms with Gasteiger partial charge in [0, 0.05) is 5.56 Å². The fourth-order valence-corrected chi connectivity index (χ4v) is 4.04. The number of benzene rings is 2. The molecule has 6 N–H and O–H groups in total. The van der Waals surface area contributed by atoms with Gasteiger partial charge in [-0.25, -0.2) is 9.59 Å². The SMILES string of the molecule is O=C1OC[C@@H]2O[C@@H](O)[C@@H](O)[C@H](O)[C@H]2OC(=O)c2c(-c3ccc(O)c(O)c3)oc3c(O)ccc1c23. The summed E-state index contributed by atoms with van der Waals surface area (Å²) in [7, 11) is 0. The standard InChI is InChI=1S/C22H18O12/c23-9-3-1-7(5-11(9)25)17-14-13-8(2-4-10(24)18(13)33-17)20(28)31-6-12-19(34-21(14)29)15(26)16(27)22(30)32-12/h1-5,12,15-16,19,22-27,30H,6H2/t12-,15-,16-,19-,22+/m0/s1.